The number of carbonyl (C=O) groups is 2. The minimum Gasteiger partial charge on any atom is -0.501 e. The van der Waals surface area contributed by atoms with Crippen LogP contribution in [-0.2, 0) is 15.7 Å². The zero-order valence-electron chi connectivity index (χ0n) is 13.8. The van der Waals surface area contributed by atoms with Crippen LogP contribution in [0.4, 0.5) is 18.9 Å². The molecular formula is C17H16F3NO5. The van der Waals surface area contributed by atoms with Gasteiger partial charge in [0.1, 0.15) is 11.1 Å². The van der Waals surface area contributed by atoms with Crippen LogP contribution in [-0.4, -0.2) is 23.1 Å². The molecule has 0 atom stereocenters. The van der Waals surface area contributed by atoms with Crippen molar-refractivity contribution in [3.8, 4) is 0 Å². The van der Waals surface area contributed by atoms with Crippen LogP contribution < -0.4 is 0 Å². The molecule has 0 aromatic heterocycles. The van der Waals surface area contributed by atoms with Crippen molar-refractivity contribution >= 4 is 17.3 Å². The van der Waals surface area contributed by atoms with Crippen LogP contribution in [0.1, 0.15) is 42.1 Å². The van der Waals surface area contributed by atoms with E-state index in [1.807, 2.05) is 0 Å². The number of hydrogen-bond acceptors (Lipinski definition) is 5. The zero-order chi connectivity index (χ0) is 19.5. The number of ether oxygens (including phenoxy) is 1. The smallest absolute Gasteiger partial charge is 0.416 e. The Morgan fingerprint density at radius 3 is 2.46 bits per heavy atom. The molecule has 26 heavy (non-hydrogen) atoms. The number of benzene rings is 1. The highest BCUT2D eigenvalue weighted by atomic mass is 19.4. The van der Waals surface area contributed by atoms with Gasteiger partial charge in [-0.1, -0.05) is 6.42 Å². The number of nitro groups is 1. The molecule has 0 unspecified atom stereocenters. The Balaban J connectivity index is 2.47. The first-order valence-corrected chi connectivity index (χ1v) is 7.93. The second-order valence-corrected chi connectivity index (χ2v) is 5.79. The molecule has 0 N–H and O–H groups in total. The number of carbonyl (C=O) groups excluding carboxylic acids is 2. The average Bonchev–Trinajstić information content (AvgIpc) is 2.51. The molecule has 1 aromatic carbocycles. The first kappa shape index (κ1) is 19.6. The topological polar surface area (TPSA) is 86.5 Å². The van der Waals surface area contributed by atoms with Crippen LogP contribution in [0.15, 0.2) is 30.0 Å². The number of rotatable bonds is 7. The average molecular weight is 371 g/mol. The third-order valence-electron chi connectivity index (χ3n) is 4.12. The Kier molecular flexibility index (Phi) is 5.79. The largest absolute Gasteiger partial charge is 0.501 e. The van der Waals surface area contributed by atoms with Crippen molar-refractivity contribution in [1.82, 2.24) is 0 Å². The number of nitro benzene ring substituents is 1. The Bertz CT molecular complexity index is 766. The normalized spacial score (nSPS) is 15.3. The molecule has 0 spiro atoms. The third kappa shape index (κ3) is 4.09. The summed E-state index contributed by atoms with van der Waals surface area (Å²) in [6.07, 6.45) is -1.86. The van der Waals surface area contributed by atoms with E-state index in [0.717, 1.165) is 18.7 Å². The number of Topliss-reactive ketones (excluding diaryl/α,β-unsaturated/α-hetero) is 2. The molecule has 0 radical (unpaired) electrons. The minimum atomic E-state index is -4.79. The van der Waals surface area contributed by atoms with Gasteiger partial charge in [-0.25, -0.2) is 0 Å². The van der Waals surface area contributed by atoms with Gasteiger partial charge in [0.15, 0.2) is 5.78 Å². The van der Waals surface area contributed by atoms with Crippen LogP contribution >= 0.6 is 0 Å². The fourth-order valence-corrected chi connectivity index (χ4v) is 2.48. The van der Waals surface area contributed by atoms with E-state index < -0.39 is 39.5 Å². The summed E-state index contributed by atoms with van der Waals surface area (Å²) < 4.78 is 43.4. The van der Waals surface area contributed by atoms with E-state index in [4.69, 9.17) is 4.74 Å². The van der Waals surface area contributed by atoms with Crippen molar-refractivity contribution in [2.24, 2.45) is 5.92 Å². The van der Waals surface area contributed by atoms with Crippen molar-refractivity contribution in [1.29, 1.82) is 0 Å². The highest BCUT2D eigenvalue weighted by Gasteiger charge is 2.37. The summed E-state index contributed by atoms with van der Waals surface area (Å²) in [6.45, 7) is 1.77. The Morgan fingerprint density at radius 2 is 2.00 bits per heavy atom. The number of halogens is 3. The monoisotopic (exact) mass is 371 g/mol. The van der Waals surface area contributed by atoms with E-state index >= 15 is 0 Å². The van der Waals surface area contributed by atoms with Crippen LogP contribution in [0.5, 0.6) is 0 Å². The SMILES string of the molecule is CCOC=C(C(=O)c1ccc(C(F)(F)F)cc1[N+](=O)[O-])C(=O)C1CCC1. The summed E-state index contributed by atoms with van der Waals surface area (Å²) in [5, 5.41) is 11.2. The number of allylic oxidation sites excluding steroid dienone is 1. The van der Waals surface area contributed by atoms with E-state index in [1.54, 1.807) is 6.92 Å². The molecule has 1 aliphatic rings. The van der Waals surface area contributed by atoms with E-state index in [1.165, 1.54) is 0 Å². The maximum Gasteiger partial charge on any atom is 0.416 e. The fourth-order valence-electron chi connectivity index (χ4n) is 2.48. The predicted octanol–water partition coefficient (Wildman–Crippen LogP) is 4.09. The molecule has 0 heterocycles. The van der Waals surface area contributed by atoms with Gasteiger partial charge in [-0.2, -0.15) is 13.2 Å². The Morgan fingerprint density at radius 1 is 1.35 bits per heavy atom. The fraction of sp³-hybridized carbons (Fsp3) is 0.412. The minimum absolute atomic E-state index is 0.157. The van der Waals surface area contributed by atoms with Gasteiger partial charge in [-0.3, -0.25) is 19.7 Å². The van der Waals surface area contributed by atoms with Crippen molar-refractivity contribution in [3.63, 3.8) is 0 Å². The molecule has 2 rings (SSSR count). The summed E-state index contributed by atoms with van der Waals surface area (Å²) in [7, 11) is 0. The van der Waals surface area contributed by atoms with E-state index in [0.29, 0.717) is 25.0 Å². The van der Waals surface area contributed by atoms with Gasteiger partial charge in [-0.15, -0.1) is 0 Å². The van der Waals surface area contributed by atoms with Crippen molar-refractivity contribution in [2.75, 3.05) is 6.61 Å². The molecule has 1 aliphatic carbocycles. The molecule has 1 aromatic rings. The van der Waals surface area contributed by atoms with Gasteiger partial charge in [0.25, 0.3) is 5.69 Å². The maximum atomic E-state index is 12.8. The van der Waals surface area contributed by atoms with Gasteiger partial charge in [0.2, 0.25) is 5.78 Å². The van der Waals surface area contributed by atoms with Crippen molar-refractivity contribution < 1.29 is 32.4 Å². The van der Waals surface area contributed by atoms with Gasteiger partial charge < -0.3 is 4.74 Å². The third-order valence-corrected chi connectivity index (χ3v) is 4.12. The molecule has 0 bridgehead atoms. The Hall–Kier alpha value is -2.71. The van der Waals surface area contributed by atoms with E-state index in [-0.39, 0.29) is 18.1 Å². The summed E-state index contributed by atoms with van der Waals surface area (Å²) >= 11 is 0. The van der Waals surface area contributed by atoms with Crippen molar-refractivity contribution in [3.05, 3.63) is 51.3 Å². The van der Waals surface area contributed by atoms with Crippen LogP contribution in [0.2, 0.25) is 0 Å². The second kappa shape index (κ2) is 7.67. The lowest BCUT2D eigenvalue weighted by molar-refractivity contribution is -0.385. The molecule has 6 nitrogen and oxygen atoms in total. The van der Waals surface area contributed by atoms with Gasteiger partial charge in [-0.05, 0) is 31.9 Å². The lowest BCUT2D eigenvalue weighted by Crippen LogP contribution is -2.27. The summed E-state index contributed by atoms with van der Waals surface area (Å²) in [5.41, 5.74) is -3.23. The molecule has 0 amide bonds. The highest BCUT2D eigenvalue weighted by molar-refractivity contribution is 6.27. The summed E-state index contributed by atoms with van der Waals surface area (Å²) in [5.74, 6) is -1.90. The van der Waals surface area contributed by atoms with Crippen molar-refractivity contribution in [2.45, 2.75) is 32.4 Å². The first-order valence-electron chi connectivity index (χ1n) is 7.93. The van der Waals surface area contributed by atoms with Gasteiger partial charge >= 0.3 is 6.18 Å². The highest BCUT2D eigenvalue weighted by Crippen LogP contribution is 2.35. The Labute approximate surface area is 146 Å². The molecule has 0 saturated heterocycles. The summed E-state index contributed by atoms with van der Waals surface area (Å²) in [4.78, 5) is 35.2. The molecule has 140 valence electrons. The van der Waals surface area contributed by atoms with Crippen LogP contribution in [0.25, 0.3) is 0 Å². The molecular weight excluding hydrogens is 355 g/mol. The quantitative estimate of drug-likeness (QED) is 0.137. The van der Waals surface area contributed by atoms with Gasteiger partial charge in [0, 0.05) is 12.0 Å². The number of alkyl halides is 3. The maximum absolute atomic E-state index is 12.8. The molecule has 9 heteroatoms. The van der Waals surface area contributed by atoms with E-state index in [2.05, 4.69) is 0 Å². The first-order chi connectivity index (χ1) is 12.2. The van der Waals surface area contributed by atoms with Crippen LogP contribution in [0, 0.1) is 16.0 Å². The summed E-state index contributed by atoms with van der Waals surface area (Å²) in [6, 6.07) is 1.59. The number of ketones is 2. The number of nitrogens with zero attached hydrogens (tertiary/aromatic N) is 1. The molecule has 1 fully saturated rings. The van der Waals surface area contributed by atoms with E-state index in [9.17, 15) is 32.9 Å². The predicted molar refractivity (Wildman–Crippen MR) is 84.5 cm³/mol. The lowest BCUT2D eigenvalue weighted by Gasteiger charge is -2.24. The van der Waals surface area contributed by atoms with Gasteiger partial charge in [0.05, 0.1) is 23.4 Å². The molecule has 1 saturated carbocycles. The standard InChI is InChI=1S/C17H16F3NO5/c1-2-26-9-13(15(22)10-4-3-5-10)16(23)12-7-6-11(17(18,19)20)8-14(12)21(24)25/h6-10H,2-5H2,1H3. The lowest BCUT2D eigenvalue weighted by atomic mass is 9.78. The zero-order valence-corrected chi connectivity index (χ0v) is 13.8. The number of hydrogen-bond donors (Lipinski definition) is 0. The van der Waals surface area contributed by atoms with Crippen LogP contribution in [0.3, 0.4) is 0 Å². The second-order valence-electron chi connectivity index (χ2n) is 5.79. The molecule has 0 aliphatic heterocycles.